The van der Waals surface area contributed by atoms with Crippen LogP contribution >= 0.6 is 35.2 Å². The van der Waals surface area contributed by atoms with E-state index < -0.39 is 0 Å². The highest BCUT2D eigenvalue weighted by atomic mass is 127. The average Bonchev–Trinajstić information content (AvgIpc) is 2.18. The Morgan fingerprint density at radius 3 is 2.07 bits per heavy atom. The molecule has 0 aromatic heterocycles. The normalized spacial score (nSPS) is 15.4. The van der Waals surface area contributed by atoms with Crippen molar-refractivity contribution in [2.75, 3.05) is 5.75 Å². The molecule has 0 spiro atoms. The SMILES string of the molecule is CCCCCCCC(I)(CS)CCC. The fraction of sp³-hybridized carbons (Fsp3) is 1.00. The van der Waals surface area contributed by atoms with Gasteiger partial charge in [-0.25, -0.2) is 0 Å². The minimum atomic E-state index is 0.474. The van der Waals surface area contributed by atoms with Gasteiger partial charge in [-0.15, -0.1) is 0 Å². The summed E-state index contributed by atoms with van der Waals surface area (Å²) in [5, 5.41) is 0. The van der Waals surface area contributed by atoms with Crippen molar-refractivity contribution in [3.05, 3.63) is 0 Å². The van der Waals surface area contributed by atoms with E-state index in [-0.39, 0.29) is 0 Å². The number of alkyl halides is 1. The second-order valence-corrected chi connectivity index (χ2v) is 6.83. The number of hydrogen-bond acceptors (Lipinski definition) is 1. The Labute approximate surface area is 109 Å². The number of thiol groups is 1. The van der Waals surface area contributed by atoms with Crippen molar-refractivity contribution in [3.8, 4) is 0 Å². The molecule has 0 nitrogen and oxygen atoms in total. The lowest BCUT2D eigenvalue weighted by molar-refractivity contribution is 0.516. The third-order valence-corrected chi connectivity index (χ3v) is 5.38. The topological polar surface area (TPSA) is 0 Å². The summed E-state index contributed by atoms with van der Waals surface area (Å²) in [5.41, 5.74) is 0. The summed E-state index contributed by atoms with van der Waals surface area (Å²) >= 11 is 7.09. The first-order valence-electron chi connectivity index (χ1n) is 5.98. The van der Waals surface area contributed by atoms with Crippen molar-refractivity contribution in [1.29, 1.82) is 0 Å². The van der Waals surface area contributed by atoms with Gasteiger partial charge in [-0.2, -0.15) is 12.6 Å². The molecule has 86 valence electrons. The Bertz CT molecular complexity index is 127. The summed E-state index contributed by atoms with van der Waals surface area (Å²) in [5.74, 6) is 1.04. The third kappa shape index (κ3) is 7.38. The molecule has 0 aliphatic rings. The van der Waals surface area contributed by atoms with Gasteiger partial charge in [0.05, 0.1) is 0 Å². The molecule has 0 amide bonds. The van der Waals surface area contributed by atoms with Crippen LogP contribution < -0.4 is 0 Å². The molecule has 0 rings (SSSR count). The van der Waals surface area contributed by atoms with Gasteiger partial charge < -0.3 is 0 Å². The summed E-state index contributed by atoms with van der Waals surface area (Å²) in [7, 11) is 0. The summed E-state index contributed by atoms with van der Waals surface area (Å²) in [6, 6.07) is 0. The van der Waals surface area contributed by atoms with E-state index in [4.69, 9.17) is 0 Å². The molecule has 0 heterocycles. The Morgan fingerprint density at radius 2 is 1.57 bits per heavy atom. The van der Waals surface area contributed by atoms with Crippen LogP contribution in [0.15, 0.2) is 0 Å². The highest BCUT2D eigenvalue weighted by Crippen LogP contribution is 2.32. The summed E-state index contributed by atoms with van der Waals surface area (Å²) in [4.78, 5) is 0. The number of halogens is 1. The minimum Gasteiger partial charge on any atom is -0.178 e. The zero-order chi connectivity index (χ0) is 10.9. The Morgan fingerprint density at radius 1 is 0.929 bits per heavy atom. The summed E-state index contributed by atoms with van der Waals surface area (Å²) in [6.07, 6.45) is 10.9. The number of rotatable bonds is 9. The molecular weight excluding hydrogens is 303 g/mol. The van der Waals surface area contributed by atoms with Gasteiger partial charge in [0.2, 0.25) is 0 Å². The third-order valence-electron chi connectivity index (χ3n) is 2.71. The molecule has 0 N–H and O–H groups in total. The number of hydrogen-bond donors (Lipinski definition) is 1. The zero-order valence-corrected chi connectivity index (χ0v) is 12.7. The van der Waals surface area contributed by atoms with Crippen LogP contribution in [0.4, 0.5) is 0 Å². The van der Waals surface area contributed by atoms with E-state index in [0.29, 0.717) is 3.42 Å². The van der Waals surface area contributed by atoms with Gasteiger partial charge in [0.15, 0.2) is 0 Å². The van der Waals surface area contributed by atoms with Crippen LogP contribution in [0.3, 0.4) is 0 Å². The molecule has 0 aromatic carbocycles. The van der Waals surface area contributed by atoms with E-state index in [1.54, 1.807) is 0 Å². The maximum Gasteiger partial charge on any atom is 0.0310 e. The first-order chi connectivity index (χ1) is 6.68. The zero-order valence-electron chi connectivity index (χ0n) is 9.69. The molecule has 0 aromatic rings. The van der Waals surface area contributed by atoms with Crippen molar-refractivity contribution in [2.24, 2.45) is 0 Å². The smallest absolute Gasteiger partial charge is 0.0310 e. The molecule has 0 saturated carbocycles. The van der Waals surface area contributed by atoms with Crippen molar-refractivity contribution in [1.82, 2.24) is 0 Å². The lowest BCUT2D eigenvalue weighted by Gasteiger charge is -2.25. The quantitative estimate of drug-likeness (QED) is 0.254. The lowest BCUT2D eigenvalue weighted by Crippen LogP contribution is -2.22. The molecule has 0 aliphatic carbocycles. The van der Waals surface area contributed by atoms with Crippen LogP contribution in [0.25, 0.3) is 0 Å². The van der Waals surface area contributed by atoms with Crippen molar-refractivity contribution in [3.63, 3.8) is 0 Å². The second kappa shape index (κ2) is 9.32. The van der Waals surface area contributed by atoms with Gasteiger partial charge in [0, 0.05) is 9.17 Å². The fourth-order valence-electron chi connectivity index (χ4n) is 1.78. The molecule has 2 heteroatoms. The fourth-order valence-corrected chi connectivity index (χ4v) is 3.01. The monoisotopic (exact) mass is 328 g/mol. The van der Waals surface area contributed by atoms with Gasteiger partial charge in [-0.05, 0) is 12.8 Å². The van der Waals surface area contributed by atoms with Gasteiger partial charge in [-0.1, -0.05) is 75.0 Å². The molecule has 0 bridgehead atoms. The van der Waals surface area contributed by atoms with Gasteiger partial charge in [-0.3, -0.25) is 0 Å². The van der Waals surface area contributed by atoms with Crippen LogP contribution in [-0.2, 0) is 0 Å². The molecule has 0 fully saturated rings. The molecule has 1 atom stereocenters. The molecular formula is C12H25IS. The van der Waals surface area contributed by atoms with Crippen molar-refractivity contribution >= 4 is 35.2 Å². The van der Waals surface area contributed by atoms with Gasteiger partial charge in [0.1, 0.15) is 0 Å². The molecule has 0 saturated heterocycles. The molecule has 0 aliphatic heterocycles. The van der Waals surface area contributed by atoms with Crippen LogP contribution in [0, 0.1) is 0 Å². The first-order valence-corrected chi connectivity index (χ1v) is 7.69. The highest BCUT2D eigenvalue weighted by molar-refractivity contribution is 14.1. The number of unbranched alkanes of at least 4 members (excludes halogenated alkanes) is 4. The average molecular weight is 328 g/mol. The van der Waals surface area contributed by atoms with Gasteiger partial charge >= 0.3 is 0 Å². The van der Waals surface area contributed by atoms with E-state index in [0.717, 1.165) is 5.75 Å². The van der Waals surface area contributed by atoms with Crippen LogP contribution in [-0.4, -0.2) is 9.17 Å². The summed E-state index contributed by atoms with van der Waals surface area (Å²) in [6.45, 7) is 4.54. The molecule has 1 unspecified atom stereocenters. The maximum atomic E-state index is 4.47. The van der Waals surface area contributed by atoms with Crippen LogP contribution in [0.5, 0.6) is 0 Å². The Balaban J connectivity index is 3.51. The predicted molar refractivity (Wildman–Crippen MR) is 78.9 cm³/mol. The summed E-state index contributed by atoms with van der Waals surface area (Å²) < 4.78 is 0.474. The molecule has 0 radical (unpaired) electrons. The largest absolute Gasteiger partial charge is 0.178 e. The first kappa shape index (κ1) is 15.1. The molecule has 14 heavy (non-hydrogen) atoms. The Kier molecular flexibility index (Phi) is 10.0. The second-order valence-electron chi connectivity index (χ2n) is 4.22. The maximum absolute atomic E-state index is 4.47. The Hall–Kier alpha value is 1.08. The predicted octanol–water partition coefficient (Wildman–Crippen LogP) is 5.25. The van der Waals surface area contributed by atoms with E-state index in [9.17, 15) is 0 Å². The van der Waals surface area contributed by atoms with E-state index >= 15 is 0 Å². The van der Waals surface area contributed by atoms with E-state index in [2.05, 4.69) is 49.1 Å². The minimum absolute atomic E-state index is 0.474. The van der Waals surface area contributed by atoms with Crippen molar-refractivity contribution < 1.29 is 0 Å². The highest BCUT2D eigenvalue weighted by Gasteiger charge is 2.22. The van der Waals surface area contributed by atoms with Crippen LogP contribution in [0.2, 0.25) is 0 Å². The van der Waals surface area contributed by atoms with E-state index in [1.807, 2.05) is 0 Å². The van der Waals surface area contributed by atoms with Crippen LogP contribution in [0.1, 0.15) is 65.2 Å². The van der Waals surface area contributed by atoms with Gasteiger partial charge in [0.25, 0.3) is 0 Å². The van der Waals surface area contributed by atoms with E-state index in [1.165, 1.54) is 51.4 Å². The van der Waals surface area contributed by atoms with Crippen molar-refractivity contribution in [2.45, 2.75) is 68.6 Å². The standard InChI is InChI=1S/C12H25IS/c1-3-5-6-7-8-10-12(13,11-14)9-4-2/h14H,3-11H2,1-2H3. The lowest BCUT2D eigenvalue weighted by atomic mass is 9.98.